The molecule has 0 bridgehead atoms. The van der Waals surface area contributed by atoms with Crippen LogP contribution in [0.4, 0.5) is 4.79 Å². The molecular formula is C13H19N3O7S. The molecule has 1 fully saturated rings. The van der Waals surface area contributed by atoms with Gasteiger partial charge in [-0.3, -0.25) is 19.2 Å². The minimum atomic E-state index is -1.39. The number of thioether (sulfide) groups is 1. The Bertz CT molecular complexity index is 568. The zero-order chi connectivity index (χ0) is 18.5. The van der Waals surface area contributed by atoms with Crippen molar-refractivity contribution < 1.29 is 34.2 Å². The molecule has 3 amide bonds. The van der Waals surface area contributed by atoms with Gasteiger partial charge in [0, 0.05) is 18.7 Å². The van der Waals surface area contributed by atoms with Crippen LogP contribution in [0.2, 0.25) is 0 Å². The van der Waals surface area contributed by atoms with Crippen LogP contribution < -0.4 is 16.0 Å². The Balaban J connectivity index is 2.68. The Morgan fingerprint density at radius 1 is 1.21 bits per heavy atom. The Kier molecular flexibility index (Phi) is 6.58. The van der Waals surface area contributed by atoms with Crippen LogP contribution >= 0.6 is 11.8 Å². The number of hydrogen-bond acceptors (Lipinski definition) is 6. The average Bonchev–Trinajstić information content (AvgIpc) is 3.14. The van der Waals surface area contributed by atoms with E-state index in [1.807, 2.05) is 0 Å². The molecule has 1 aliphatic rings. The Morgan fingerprint density at radius 3 is 2.33 bits per heavy atom. The van der Waals surface area contributed by atoms with Gasteiger partial charge in [-0.05, 0) is 6.42 Å². The quantitative estimate of drug-likeness (QED) is 0.367. The largest absolute Gasteiger partial charge is 0.481 e. The van der Waals surface area contributed by atoms with Crippen molar-refractivity contribution in [2.24, 2.45) is 5.92 Å². The van der Waals surface area contributed by atoms with E-state index in [2.05, 4.69) is 16.0 Å². The summed E-state index contributed by atoms with van der Waals surface area (Å²) in [6.07, 6.45) is 0.171. The third-order valence-electron chi connectivity index (χ3n) is 3.34. The molecule has 10 nitrogen and oxygen atoms in total. The maximum Gasteiger partial charge on any atom is 0.322 e. The van der Waals surface area contributed by atoms with Crippen molar-refractivity contribution in [2.75, 3.05) is 13.1 Å². The number of carboxylic acids is 2. The van der Waals surface area contributed by atoms with E-state index < -0.39 is 47.1 Å². The first-order valence-electron chi connectivity index (χ1n) is 7.04. The molecule has 0 aliphatic heterocycles. The molecule has 0 heterocycles. The lowest BCUT2D eigenvalue weighted by Crippen LogP contribution is -2.55. The van der Waals surface area contributed by atoms with Gasteiger partial charge in [-0.2, -0.15) is 0 Å². The minimum absolute atomic E-state index is 0.140. The smallest absolute Gasteiger partial charge is 0.322 e. The number of carbonyl (C=O) groups excluding carboxylic acids is 3. The molecule has 24 heavy (non-hydrogen) atoms. The third kappa shape index (κ3) is 5.41. The van der Waals surface area contributed by atoms with Crippen LogP contribution in [0.5, 0.6) is 0 Å². The second-order valence-electron chi connectivity index (χ2n) is 5.42. The van der Waals surface area contributed by atoms with E-state index in [1.165, 1.54) is 13.8 Å². The third-order valence-corrected chi connectivity index (χ3v) is 4.52. The maximum absolute atomic E-state index is 12.2. The summed E-state index contributed by atoms with van der Waals surface area (Å²) in [5.41, 5.74) is -1.39. The maximum atomic E-state index is 12.2. The Morgan fingerprint density at radius 2 is 1.83 bits per heavy atom. The Labute approximate surface area is 141 Å². The monoisotopic (exact) mass is 361 g/mol. The molecule has 0 aromatic rings. The normalized spacial score (nSPS) is 22.8. The lowest BCUT2D eigenvalue weighted by Gasteiger charge is -2.19. The Hall–Kier alpha value is -2.30. The fourth-order valence-electron chi connectivity index (χ4n) is 1.90. The summed E-state index contributed by atoms with van der Waals surface area (Å²) in [7, 11) is 0. The van der Waals surface area contributed by atoms with Crippen molar-refractivity contribution in [3.8, 4) is 0 Å². The lowest BCUT2D eigenvalue weighted by molar-refractivity contribution is -0.141. The summed E-state index contributed by atoms with van der Waals surface area (Å²) >= 11 is 0.877. The van der Waals surface area contributed by atoms with E-state index in [-0.39, 0.29) is 18.1 Å². The topological polar surface area (TPSA) is 162 Å². The molecule has 134 valence electrons. The zero-order valence-electron chi connectivity index (χ0n) is 13.1. The first kappa shape index (κ1) is 19.7. The highest BCUT2D eigenvalue weighted by atomic mass is 32.2. The van der Waals surface area contributed by atoms with Gasteiger partial charge in [0.05, 0.1) is 5.92 Å². The van der Waals surface area contributed by atoms with Gasteiger partial charge in [0.1, 0.15) is 12.1 Å². The molecule has 1 unspecified atom stereocenters. The van der Waals surface area contributed by atoms with Crippen molar-refractivity contribution in [3.05, 3.63) is 0 Å². The first-order valence-corrected chi connectivity index (χ1v) is 7.92. The van der Waals surface area contributed by atoms with Crippen molar-refractivity contribution in [3.63, 3.8) is 0 Å². The summed E-state index contributed by atoms with van der Waals surface area (Å²) in [6, 6.07) is -0.764. The number of amides is 3. The van der Waals surface area contributed by atoms with E-state index in [0.29, 0.717) is 0 Å². The SMILES string of the molecule is CC(=O)S[C@@H]1CC1(NC(=O)NC[C@H](C)C(=O)O)C(=O)NCC(=O)O. The van der Waals surface area contributed by atoms with E-state index in [9.17, 15) is 24.0 Å². The molecule has 1 saturated carbocycles. The van der Waals surface area contributed by atoms with Gasteiger partial charge < -0.3 is 26.2 Å². The van der Waals surface area contributed by atoms with Crippen LogP contribution in [-0.2, 0) is 19.2 Å². The van der Waals surface area contributed by atoms with Crippen LogP contribution in [-0.4, -0.2) is 63.1 Å². The molecule has 0 radical (unpaired) electrons. The van der Waals surface area contributed by atoms with E-state index in [1.54, 1.807) is 0 Å². The number of hydrogen-bond donors (Lipinski definition) is 5. The van der Waals surface area contributed by atoms with Crippen molar-refractivity contribution in [1.29, 1.82) is 0 Å². The molecular weight excluding hydrogens is 342 g/mol. The highest BCUT2D eigenvalue weighted by Gasteiger charge is 2.62. The van der Waals surface area contributed by atoms with Crippen LogP contribution in [0.3, 0.4) is 0 Å². The molecule has 0 aromatic heterocycles. The van der Waals surface area contributed by atoms with E-state index in [4.69, 9.17) is 10.2 Å². The molecule has 3 atom stereocenters. The van der Waals surface area contributed by atoms with Gasteiger partial charge in [-0.25, -0.2) is 4.79 Å². The van der Waals surface area contributed by atoms with Crippen LogP contribution in [0.1, 0.15) is 20.3 Å². The summed E-state index contributed by atoms with van der Waals surface area (Å²) in [5.74, 6) is -3.84. The molecule has 0 saturated heterocycles. The second kappa shape index (κ2) is 7.99. The van der Waals surface area contributed by atoms with Crippen LogP contribution in [0, 0.1) is 5.92 Å². The zero-order valence-corrected chi connectivity index (χ0v) is 13.9. The molecule has 1 aliphatic carbocycles. The molecule has 0 aromatic carbocycles. The standard InChI is InChI=1S/C13H19N3O7S/c1-6(10(20)21)4-15-12(23)16-13(3-8(13)24-7(2)17)11(22)14-5-9(18)19/h6,8H,3-5H2,1-2H3,(H,14,22)(H,18,19)(H,20,21)(H2,15,16,23)/t6-,8+,13?/m0/s1. The second-order valence-corrected chi connectivity index (χ2v) is 6.80. The highest BCUT2D eigenvalue weighted by molar-refractivity contribution is 8.14. The van der Waals surface area contributed by atoms with Gasteiger partial charge in [-0.15, -0.1) is 0 Å². The molecule has 11 heteroatoms. The summed E-state index contributed by atoms with van der Waals surface area (Å²) in [6.45, 7) is 1.97. The fourth-order valence-corrected chi connectivity index (χ4v) is 3.01. The number of carboxylic acid groups (broad SMARTS) is 2. The van der Waals surface area contributed by atoms with Gasteiger partial charge >= 0.3 is 18.0 Å². The van der Waals surface area contributed by atoms with Crippen molar-refractivity contribution in [2.45, 2.75) is 31.1 Å². The number of rotatable bonds is 8. The summed E-state index contributed by atoms with van der Waals surface area (Å²) in [5, 5.41) is 23.5. The summed E-state index contributed by atoms with van der Waals surface area (Å²) in [4.78, 5) is 56.5. The average molecular weight is 361 g/mol. The number of urea groups is 1. The van der Waals surface area contributed by atoms with Crippen molar-refractivity contribution >= 4 is 40.8 Å². The number of nitrogens with one attached hydrogen (secondary N) is 3. The summed E-state index contributed by atoms with van der Waals surface area (Å²) < 4.78 is 0. The fraction of sp³-hybridized carbons (Fsp3) is 0.615. The van der Waals surface area contributed by atoms with E-state index >= 15 is 0 Å². The predicted octanol–water partition coefficient (Wildman–Crippen LogP) is -1.00. The molecule has 0 spiro atoms. The number of aliphatic carboxylic acids is 2. The van der Waals surface area contributed by atoms with Gasteiger partial charge in [-0.1, -0.05) is 18.7 Å². The van der Waals surface area contributed by atoms with Crippen LogP contribution in [0.15, 0.2) is 0 Å². The van der Waals surface area contributed by atoms with Gasteiger partial charge in [0.15, 0.2) is 5.12 Å². The van der Waals surface area contributed by atoms with E-state index in [0.717, 1.165) is 11.8 Å². The van der Waals surface area contributed by atoms with Gasteiger partial charge in [0.2, 0.25) is 5.91 Å². The minimum Gasteiger partial charge on any atom is -0.481 e. The first-order chi connectivity index (χ1) is 11.1. The van der Waals surface area contributed by atoms with Crippen LogP contribution in [0.25, 0.3) is 0 Å². The van der Waals surface area contributed by atoms with Gasteiger partial charge in [0.25, 0.3) is 0 Å². The predicted molar refractivity (Wildman–Crippen MR) is 83.4 cm³/mol. The lowest BCUT2D eigenvalue weighted by atomic mass is 10.2. The molecule has 1 rings (SSSR count). The van der Waals surface area contributed by atoms with Crippen molar-refractivity contribution in [1.82, 2.24) is 16.0 Å². The molecule has 5 N–H and O–H groups in total. The number of carbonyl (C=O) groups is 5. The highest BCUT2D eigenvalue weighted by Crippen LogP contribution is 2.46.